The molecular formula is C15H22N4O3. The maximum Gasteiger partial charge on any atom is 0.407 e. The summed E-state index contributed by atoms with van der Waals surface area (Å²) in [6, 6.07) is 0.750. The Kier molecular flexibility index (Phi) is 4.15. The highest BCUT2D eigenvalue weighted by atomic mass is 16.5. The van der Waals surface area contributed by atoms with Gasteiger partial charge in [0.25, 0.3) is 0 Å². The van der Waals surface area contributed by atoms with Crippen molar-refractivity contribution in [1.29, 1.82) is 0 Å². The Morgan fingerprint density at radius 3 is 3.00 bits per heavy atom. The molecule has 0 unspecified atom stereocenters. The molecule has 0 radical (unpaired) electrons. The molecule has 2 heterocycles. The highest BCUT2D eigenvalue weighted by Gasteiger charge is 2.31. The zero-order valence-electron chi connectivity index (χ0n) is 13.0. The van der Waals surface area contributed by atoms with Gasteiger partial charge in [-0.05, 0) is 45.3 Å². The van der Waals surface area contributed by atoms with Crippen molar-refractivity contribution in [1.82, 2.24) is 19.8 Å². The summed E-state index contributed by atoms with van der Waals surface area (Å²) < 4.78 is 5.98. The molecule has 0 spiro atoms. The Labute approximate surface area is 129 Å². The first-order valence-electron chi connectivity index (χ1n) is 7.70. The summed E-state index contributed by atoms with van der Waals surface area (Å²) in [5.41, 5.74) is 1.78. The third kappa shape index (κ3) is 2.99. The topological polar surface area (TPSA) is 78.8 Å². The molecule has 22 heavy (non-hydrogen) atoms. The van der Waals surface area contributed by atoms with Gasteiger partial charge in [-0.15, -0.1) is 0 Å². The maximum atomic E-state index is 11.1. The van der Waals surface area contributed by atoms with Crippen LogP contribution in [-0.2, 0) is 13.0 Å². The van der Waals surface area contributed by atoms with Gasteiger partial charge in [0.1, 0.15) is 6.10 Å². The number of hydrogen-bond acceptors (Lipinski definition) is 5. The Morgan fingerprint density at radius 1 is 1.45 bits per heavy atom. The number of fused-ring (bicyclic) bond motifs is 1. The number of carbonyl (C=O) groups is 1. The van der Waals surface area contributed by atoms with Crippen LogP contribution in [0.5, 0.6) is 6.01 Å². The van der Waals surface area contributed by atoms with Gasteiger partial charge in [-0.25, -0.2) is 9.78 Å². The van der Waals surface area contributed by atoms with E-state index in [4.69, 9.17) is 9.84 Å². The summed E-state index contributed by atoms with van der Waals surface area (Å²) in [5.74, 6) is 0. The molecule has 1 N–H and O–H groups in total. The molecular weight excluding hydrogens is 284 g/mol. The van der Waals surface area contributed by atoms with Crippen molar-refractivity contribution in [3.63, 3.8) is 0 Å². The van der Waals surface area contributed by atoms with Gasteiger partial charge >= 0.3 is 12.1 Å². The molecule has 1 aromatic rings. The van der Waals surface area contributed by atoms with E-state index in [1.165, 1.54) is 4.90 Å². The zero-order chi connectivity index (χ0) is 15.7. The quantitative estimate of drug-likeness (QED) is 0.909. The second kappa shape index (κ2) is 6.08. The molecule has 7 nitrogen and oxygen atoms in total. The third-order valence-corrected chi connectivity index (χ3v) is 4.53. The molecule has 0 bridgehead atoms. The van der Waals surface area contributed by atoms with Gasteiger partial charge in [-0.2, -0.15) is 4.98 Å². The average Bonchev–Trinajstić information content (AvgIpc) is 2.94. The Balaban J connectivity index is 1.73. The van der Waals surface area contributed by atoms with Crippen LogP contribution in [0.4, 0.5) is 4.79 Å². The standard InChI is InChI=1S/C15H22N4O3/c1-18(2)12-4-3-5-13(12)22-14-16-8-10-6-7-19(15(20)21)9-11(10)17-14/h8,12-13H,3-7,9H2,1-2H3,(H,20,21)/t12-,13+/m0/s1. The lowest BCUT2D eigenvalue weighted by Gasteiger charge is -2.27. The normalized spacial score (nSPS) is 24.4. The summed E-state index contributed by atoms with van der Waals surface area (Å²) in [7, 11) is 4.12. The van der Waals surface area contributed by atoms with E-state index in [1.807, 2.05) is 0 Å². The molecule has 2 aliphatic rings. The van der Waals surface area contributed by atoms with Crippen LogP contribution in [0, 0.1) is 0 Å². The van der Waals surface area contributed by atoms with Crippen molar-refractivity contribution >= 4 is 6.09 Å². The Hall–Kier alpha value is -1.89. The molecule has 2 atom stereocenters. The Morgan fingerprint density at radius 2 is 2.27 bits per heavy atom. The second-order valence-electron chi connectivity index (χ2n) is 6.20. The lowest BCUT2D eigenvalue weighted by Crippen LogP contribution is -2.38. The molecule has 1 aliphatic heterocycles. The van der Waals surface area contributed by atoms with Crippen LogP contribution < -0.4 is 4.74 Å². The molecule has 0 aromatic carbocycles. The predicted molar refractivity (Wildman–Crippen MR) is 79.9 cm³/mol. The number of nitrogens with zero attached hydrogens (tertiary/aromatic N) is 4. The van der Waals surface area contributed by atoms with Crippen molar-refractivity contribution in [3.05, 3.63) is 17.5 Å². The van der Waals surface area contributed by atoms with Gasteiger partial charge in [-0.1, -0.05) is 0 Å². The minimum Gasteiger partial charge on any atom is -0.465 e. The molecule has 1 saturated carbocycles. The third-order valence-electron chi connectivity index (χ3n) is 4.53. The van der Waals surface area contributed by atoms with E-state index in [2.05, 4.69) is 29.0 Å². The number of amides is 1. The van der Waals surface area contributed by atoms with E-state index in [0.29, 0.717) is 31.6 Å². The van der Waals surface area contributed by atoms with E-state index in [0.717, 1.165) is 30.5 Å². The number of likely N-dealkylation sites (N-methyl/N-ethyl adjacent to an activating group) is 1. The van der Waals surface area contributed by atoms with Crippen LogP contribution in [-0.4, -0.2) is 63.8 Å². The Bertz CT molecular complexity index is 564. The molecule has 1 fully saturated rings. The second-order valence-corrected chi connectivity index (χ2v) is 6.20. The van der Waals surface area contributed by atoms with Crippen molar-refractivity contribution in [3.8, 4) is 6.01 Å². The highest BCUT2D eigenvalue weighted by Crippen LogP contribution is 2.27. The van der Waals surface area contributed by atoms with Crippen LogP contribution in [0.1, 0.15) is 30.5 Å². The van der Waals surface area contributed by atoms with E-state index >= 15 is 0 Å². The van der Waals surface area contributed by atoms with Gasteiger partial charge in [0, 0.05) is 18.8 Å². The molecule has 1 amide bonds. The largest absolute Gasteiger partial charge is 0.465 e. The van der Waals surface area contributed by atoms with Crippen molar-refractivity contribution < 1.29 is 14.6 Å². The number of hydrogen-bond donors (Lipinski definition) is 1. The SMILES string of the molecule is CN(C)[C@H]1CCC[C@H]1Oc1ncc2c(n1)CN(C(=O)O)CC2. The average molecular weight is 306 g/mol. The van der Waals surface area contributed by atoms with Crippen LogP contribution in [0.15, 0.2) is 6.20 Å². The van der Waals surface area contributed by atoms with Gasteiger partial charge in [0.15, 0.2) is 0 Å². The van der Waals surface area contributed by atoms with Crippen molar-refractivity contribution in [2.45, 2.75) is 44.4 Å². The summed E-state index contributed by atoms with van der Waals surface area (Å²) in [5, 5.41) is 9.10. The van der Waals surface area contributed by atoms with Crippen LogP contribution in [0.3, 0.4) is 0 Å². The van der Waals surface area contributed by atoms with Crippen molar-refractivity contribution in [2.24, 2.45) is 0 Å². The number of rotatable bonds is 3. The first-order valence-corrected chi connectivity index (χ1v) is 7.70. The highest BCUT2D eigenvalue weighted by molar-refractivity contribution is 5.65. The first-order chi connectivity index (χ1) is 10.5. The van der Waals surface area contributed by atoms with Gasteiger partial charge in [-0.3, -0.25) is 0 Å². The van der Waals surface area contributed by atoms with E-state index in [-0.39, 0.29) is 6.10 Å². The fourth-order valence-corrected chi connectivity index (χ4v) is 3.27. The van der Waals surface area contributed by atoms with E-state index in [9.17, 15) is 4.79 Å². The summed E-state index contributed by atoms with van der Waals surface area (Å²) in [6.45, 7) is 0.808. The summed E-state index contributed by atoms with van der Waals surface area (Å²) in [4.78, 5) is 23.4. The first kappa shape index (κ1) is 15.0. The molecule has 0 saturated heterocycles. The number of carboxylic acid groups (broad SMARTS) is 1. The minimum atomic E-state index is -0.907. The lowest BCUT2D eigenvalue weighted by atomic mass is 10.1. The molecule has 1 aromatic heterocycles. The smallest absolute Gasteiger partial charge is 0.407 e. The maximum absolute atomic E-state index is 11.1. The van der Waals surface area contributed by atoms with Gasteiger partial charge in [0.05, 0.1) is 12.2 Å². The fourth-order valence-electron chi connectivity index (χ4n) is 3.27. The predicted octanol–water partition coefficient (Wildman–Crippen LogP) is 1.37. The van der Waals surface area contributed by atoms with Crippen LogP contribution in [0.25, 0.3) is 0 Å². The summed E-state index contributed by atoms with van der Waals surface area (Å²) >= 11 is 0. The van der Waals surface area contributed by atoms with E-state index in [1.54, 1.807) is 6.20 Å². The molecule has 120 valence electrons. The van der Waals surface area contributed by atoms with E-state index < -0.39 is 6.09 Å². The fraction of sp³-hybridized carbons (Fsp3) is 0.667. The van der Waals surface area contributed by atoms with Gasteiger partial charge in [0.2, 0.25) is 0 Å². The molecule has 1 aliphatic carbocycles. The summed E-state index contributed by atoms with van der Waals surface area (Å²) in [6.07, 6.45) is 4.90. The monoisotopic (exact) mass is 306 g/mol. The molecule has 7 heteroatoms. The molecule has 3 rings (SSSR count). The van der Waals surface area contributed by atoms with Gasteiger partial charge < -0.3 is 19.6 Å². The zero-order valence-corrected chi connectivity index (χ0v) is 13.0. The van der Waals surface area contributed by atoms with Crippen LogP contribution >= 0.6 is 0 Å². The minimum absolute atomic E-state index is 0.104. The lowest BCUT2D eigenvalue weighted by molar-refractivity contribution is 0.109. The van der Waals surface area contributed by atoms with Crippen LogP contribution in [0.2, 0.25) is 0 Å². The number of ether oxygens (including phenoxy) is 1. The number of aromatic nitrogens is 2. The van der Waals surface area contributed by atoms with Crippen molar-refractivity contribution in [2.75, 3.05) is 20.6 Å².